The molecule has 20 heavy (non-hydrogen) atoms. The maximum absolute atomic E-state index is 12.1. The second-order valence-corrected chi connectivity index (χ2v) is 6.02. The van der Waals surface area contributed by atoms with Gasteiger partial charge in [-0.1, -0.05) is 43.2 Å². The molecular weight excluding hydrogens is 250 g/mol. The van der Waals surface area contributed by atoms with Gasteiger partial charge in [0.15, 0.2) is 0 Å². The molecular formula is C17H25NO2. The maximum Gasteiger partial charge on any atom is 0.222 e. The summed E-state index contributed by atoms with van der Waals surface area (Å²) >= 11 is 0. The standard InChI is InChI=1S/C17H25NO2/c1-18(14-17(20)12-5-6-13-17)16(19)11-7-10-15-8-3-2-4-9-15/h2-4,8-9,20H,5-7,10-14H2,1H3. The van der Waals surface area contributed by atoms with Crippen LogP contribution in [0.5, 0.6) is 0 Å². The van der Waals surface area contributed by atoms with Crippen molar-refractivity contribution in [3.05, 3.63) is 35.9 Å². The number of benzene rings is 1. The number of aliphatic hydroxyl groups is 1. The molecule has 3 heteroatoms. The summed E-state index contributed by atoms with van der Waals surface area (Å²) < 4.78 is 0. The van der Waals surface area contributed by atoms with E-state index in [1.807, 2.05) is 18.2 Å². The second-order valence-electron chi connectivity index (χ2n) is 6.02. The fraction of sp³-hybridized carbons (Fsp3) is 0.588. The van der Waals surface area contributed by atoms with E-state index in [4.69, 9.17) is 0 Å². The highest BCUT2D eigenvalue weighted by Gasteiger charge is 2.33. The third kappa shape index (κ3) is 4.34. The molecule has 0 aromatic heterocycles. The Labute approximate surface area is 121 Å². The van der Waals surface area contributed by atoms with E-state index >= 15 is 0 Å². The monoisotopic (exact) mass is 275 g/mol. The number of hydrogen-bond acceptors (Lipinski definition) is 2. The van der Waals surface area contributed by atoms with E-state index in [9.17, 15) is 9.90 Å². The van der Waals surface area contributed by atoms with Gasteiger partial charge in [-0.2, -0.15) is 0 Å². The summed E-state index contributed by atoms with van der Waals surface area (Å²) in [5, 5.41) is 10.3. The Morgan fingerprint density at radius 1 is 1.25 bits per heavy atom. The van der Waals surface area contributed by atoms with Crippen LogP contribution in [0.4, 0.5) is 0 Å². The molecule has 1 saturated carbocycles. The maximum atomic E-state index is 12.1. The molecule has 1 amide bonds. The molecule has 0 aliphatic heterocycles. The molecule has 1 fully saturated rings. The van der Waals surface area contributed by atoms with Crippen molar-refractivity contribution in [2.24, 2.45) is 0 Å². The fourth-order valence-electron chi connectivity index (χ4n) is 3.00. The van der Waals surface area contributed by atoms with E-state index in [0.29, 0.717) is 13.0 Å². The Balaban J connectivity index is 1.71. The van der Waals surface area contributed by atoms with Gasteiger partial charge >= 0.3 is 0 Å². The largest absolute Gasteiger partial charge is 0.388 e. The Morgan fingerprint density at radius 3 is 2.55 bits per heavy atom. The normalized spacial score (nSPS) is 17.1. The first-order chi connectivity index (χ1) is 9.59. The Kier molecular flexibility index (Phi) is 5.18. The molecule has 1 aliphatic carbocycles. The van der Waals surface area contributed by atoms with Gasteiger partial charge in [-0.25, -0.2) is 0 Å². The van der Waals surface area contributed by atoms with Crippen molar-refractivity contribution in [2.45, 2.75) is 50.5 Å². The smallest absolute Gasteiger partial charge is 0.222 e. The van der Waals surface area contributed by atoms with Gasteiger partial charge in [-0.3, -0.25) is 4.79 Å². The van der Waals surface area contributed by atoms with Gasteiger partial charge in [-0.15, -0.1) is 0 Å². The molecule has 1 aromatic carbocycles. The first-order valence-corrected chi connectivity index (χ1v) is 7.59. The number of hydrogen-bond donors (Lipinski definition) is 1. The molecule has 0 bridgehead atoms. The average Bonchev–Trinajstić information content (AvgIpc) is 2.86. The first-order valence-electron chi connectivity index (χ1n) is 7.59. The predicted molar refractivity (Wildman–Crippen MR) is 80.4 cm³/mol. The van der Waals surface area contributed by atoms with Crippen LogP contribution in [0.15, 0.2) is 30.3 Å². The lowest BCUT2D eigenvalue weighted by Crippen LogP contribution is -2.41. The van der Waals surface area contributed by atoms with Crippen molar-refractivity contribution in [1.82, 2.24) is 4.90 Å². The zero-order valence-corrected chi connectivity index (χ0v) is 12.3. The zero-order valence-electron chi connectivity index (χ0n) is 12.3. The molecule has 0 heterocycles. The van der Waals surface area contributed by atoms with Crippen molar-refractivity contribution >= 4 is 5.91 Å². The topological polar surface area (TPSA) is 40.5 Å². The number of aryl methyl sites for hydroxylation is 1. The second kappa shape index (κ2) is 6.89. The van der Waals surface area contributed by atoms with Gasteiger partial charge in [0.2, 0.25) is 5.91 Å². The Bertz CT molecular complexity index is 424. The lowest BCUT2D eigenvalue weighted by Gasteiger charge is -2.28. The van der Waals surface area contributed by atoms with Gasteiger partial charge in [0, 0.05) is 20.0 Å². The van der Waals surface area contributed by atoms with Crippen LogP contribution in [0.25, 0.3) is 0 Å². The first kappa shape index (κ1) is 15.0. The highest BCUT2D eigenvalue weighted by Crippen LogP contribution is 2.30. The summed E-state index contributed by atoms with van der Waals surface area (Å²) in [5.74, 6) is 0.140. The zero-order chi connectivity index (χ0) is 14.4. The molecule has 1 N–H and O–H groups in total. The molecule has 0 spiro atoms. The van der Waals surface area contributed by atoms with Crippen LogP contribution in [0.3, 0.4) is 0 Å². The average molecular weight is 275 g/mol. The molecule has 1 aromatic rings. The van der Waals surface area contributed by atoms with Crippen molar-refractivity contribution in [1.29, 1.82) is 0 Å². The van der Waals surface area contributed by atoms with E-state index in [0.717, 1.165) is 38.5 Å². The Morgan fingerprint density at radius 2 is 1.90 bits per heavy atom. The van der Waals surface area contributed by atoms with Crippen molar-refractivity contribution in [3.63, 3.8) is 0 Å². The molecule has 3 nitrogen and oxygen atoms in total. The van der Waals surface area contributed by atoms with Gasteiger partial charge < -0.3 is 10.0 Å². The molecule has 0 saturated heterocycles. The summed E-state index contributed by atoms with van der Waals surface area (Å²) in [6.07, 6.45) is 6.17. The third-order valence-corrected chi connectivity index (χ3v) is 4.19. The molecule has 110 valence electrons. The SMILES string of the molecule is CN(CC1(O)CCCC1)C(=O)CCCc1ccccc1. The number of likely N-dealkylation sites (N-methyl/N-ethyl adjacent to an activating group) is 1. The van der Waals surface area contributed by atoms with Crippen molar-refractivity contribution < 1.29 is 9.90 Å². The van der Waals surface area contributed by atoms with Crippen LogP contribution in [-0.4, -0.2) is 35.1 Å². The fourth-order valence-corrected chi connectivity index (χ4v) is 3.00. The summed E-state index contributed by atoms with van der Waals surface area (Å²) in [6.45, 7) is 0.483. The van der Waals surface area contributed by atoms with Crippen molar-refractivity contribution in [2.75, 3.05) is 13.6 Å². The number of carbonyl (C=O) groups excluding carboxylic acids is 1. The van der Waals surface area contributed by atoms with E-state index < -0.39 is 5.60 Å². The van der Waals surface area contributed by atoms with Crippen LogP contribution in [0, 0.1) is 0 Å². The van der Waals surface area contributed by atoms with E-state index in [-0.39, 0.29) is 5.91 Å². The molecule has 2 rings (SSSR count). The highest BCUT2D eigenvalue weighted by atomic mass is 16.3. The van der Waals surface area contributed by atoms with Gasteiger partial charge in [0.05, 0.1) is 5.60 Å². The molecule has 0 unspecified atom stereocenters. The van der Waals surface area contributed by atoms with E-state index in [1.54, 1.807) is 11.9 Å². The minimum Gasteiger partial charge on any atom is -0.388 e. The lowest BCUT2D eigenvalue weighted by molar-refractivity contribution is -0.133. The van der Waals surface area contributed by atoms with Crippen molar-refractivity contribution in [3.8, 4) is 0 Å². The van der Waals surface area contributed by atoms with Crippen LogP contribution in [-0.2, 0) is 11.2 Å². The molecule has 0 radical (unpaired) electrons. The number of rotatable bonds is 6. The minimum absolute atomic E-state index is 0.140. The van der Waals surface area contributed by atoms with E-state index in [1.165, 1.54) is 5.56 Å². The molecule has 1 aliphatic rings. The lowest BCUT2D eigenvalue weighted by atomic mass is 10.0. The third-order valence-electron chi connectivity index (χ3n) is 4.19. The van der Waals surface area contributed by atoms with Gasteiger partial charge in [0.25, 0.3) is 0 Å². The summed E-state index contributed by atoms with van der Waals surface area (Å²) in [6, 6.07) is 10.2. The van der Waals surface area contributed by atoms with E-state index in [2.05, 4.69) is 12.1 Å². The Hall–Kier alpha value is -1.35. The quantitative estimate of drug-likeness (QED) is 0.867. The number of carbonyl (C=O) groups is 1. The minimum atomic E-state index is -0.635. The van der Waals surface area contributed by atoms with Crippen LogP contribution >= 0.6 is 0 Å². The van der Waals surface area contributed by atoms with Gasteiger partial charge in [-0.05, 0) is 31.2 Å². The predicted octanol–water partition coefficient (Wildman–Crippen LogP) is 2.77. The van der Waals surface area contributed by atoms with Gasteiger partial charge in [0.1, 0.15) is 0 Å². The van der Waals surface area contributed by atoms with Crippen LogP contribution in [0.1, 0.15) is 44.1 Å². The van der Waals surface area contributed by atoms with Crippen LogP contribution in [0.2, 0.25) is 0 Å². The highest BCUT2D eigenvalue weighted by molar-refractivity contribution is 5.75. The summed E-state index contributed by atoms with van der Waals surface area (Å²) in [4.78, 5) is 13.8. The number of nitrogens with zero attached hydrogens (tertiary/aromatic N) is 1. The molecule has 0 atom stereocenters. The summed E-state index contributed by atoms with van der Waals surface area (Å²) in [5.41, 5.74) is 0.640. The van der Waals surface area contributed by atoms with Crippen LogP contribution < -0.4 is 0 Å². The summed E-state index contributed by atoms with van der Waals surface area (Å²) in [7, 11) is 1.81. The number of amides is 1.